The van der Waals surface area contributed by atoms with E-state index in [0.717, 1.165) is 42.9 Å². The summed E-state index contributed by atoms with van der Waals surface area (Å²) in [5.74, 6) is 2.72. The number of hydrogen-bond donors (Lipinski definition) is 0. The first-order valence-electron chi connectivity index (χ1n) is 15.7. The fourth-order valence-electron chi connectivity index (χ4n) is 9.26. The van der Waals surface area contributed by atoms with Crippen LogP contribution in [-0.4, -0.2) is 12.3 Å². The van der Waals surface area contributed by atoms with E-state index in [1.165, 1.54) is 94.8 Å². The Labute approximate surface area is 229 Å². The molecule has 4 aliphatic rings. The van der Waals surface area contributed by atoms with Gasteiger partial charge >= 0.3 is 6.16 Å². The van der Waals surface area contributed by atoms with E-state index in [1.54, 1.807) is 12.1 Å². The van der Waals surface area contributed by atoms with Gasteiger partial charge in [0.2, 0.25) is 0 Å². The molecule has 0 aromatic heterocycles. The van der Waals surface area contributed by atoms with Crippen LogP contribution in [0.2, 0.25) is 0 Å². The van der Waals surface area contributed by atoms with Crippen LogP contribution in [0, 0.1) is 40.3 Å². The molecule has 4 aliphatic carbocycles. The molecule has 0 bridgehead atoms. The van der Waals surface area contributed by atoms with E-state index < -0.39 is 12.0 Å². The van der Waals surface area contributed by atoms with Crippen molar-refractivity contribution < 1.29 is 18.7 Å². The third-order valence-electron chi connectivity index (χ3n) is 11.5. The van der Waals surface area contributed by atoms with Crippen LogP contribution in [0.3, 0.4) is 0 Å². The van der Waals surface area contributed by atoms with Gasteiger partial charge in [0.1, 0.15) is 6.10 Å². The molecule has 4 heteroatoms. The molecule has 3 saturated carbocycles. The maximum absolute atomic E-state index is 13.9. The van der Waals surface area contributed by atoms with Crippen LogP contribution >= 0.6 is 0 Å². The van der Waals surface area contributed by atoms with Gasteiger partial charge in [0.15, 0.2) is 11.6 Å². The van der Waals surface area contributed by atoms with E-state index in [0.29, 0.717) is 5.41 Å². The number of para-hydroxylation sites is 1. The van der Waals surface area contributed by atoms with Crippen LogP contribution < -0.4 is 4.74 Å². The summed E-state index contributed by atoms with van der Waals surface area (Å²) in [6.45, 7) is 7.44. The molecule has 1 aromatic carbocycles. The van der Waals surface area contributed by atoms with Crippen LogP contribution in [0.15, 0.2) is 35.9 Å². The van der Waals surface area contributed by atoms with Crippen LogP contribution in [0.25, 0.3) is 0 Å². The van der Waals surface area contributed by atoms with E-state index in [9.17, 15) is 9.18 Å². The first kappa shape index (κ1) is 27.7. The maximum atomic E-state index is 13.9. The van der Waals surface area contributed by atoms with Crippen molar-refractivity contribution >= 4 is 6.16 Å². The van der Waals surface area contributed by atoms with Gasteiger partial charge in [-0.25, -0.2) is 9.18 Å². The van der Waals surface area contributed by atoms with E-state index >= 15 is 0 Å². The first-order chi connectivity index (χ1) is 18.3. The number of carbonyl (C=O) groups is 1. The zero-order chi connectivity index (χ0) is 26.8. The second-order valence-corrected chi connectivity index (χ2v) is 13.4. The van der Waals surface area contributed by atoms with Gasteiger partial charge in [0.25, 0.3) is 0 Å². The lowest BCUT2D eigenvalue weighted by Crippen LogP contribution is -2.50. The van der Waals surface area contributed by atoms with Crippen molar-refractivity contribution in [2.75, 3.05) is 0 Å². The van der Waals surface area contributed by atoms with E-state index in [-0.39, 0.29) is 17.3 Å². The number of rotatable bonds is 9. The van der Waals surface area contributed by atoms with Gasteiger partial charge in [-0.2, -0.15) is 0 Å². The van der Waals surface area contributed by atoms with Crippen LogP contribution in [0.4, 0.5) is 9.18 Å². The number of benzene rings is 1. The van der Waals surface area contributed by atoms with Gasteiger partial charge in [-0.3, -0.25) is 0 Å². The number of carbonyl (C=O) groups excluding carboxylic acids is 1. The van der Waals surface area contributed by atoms with Gasteiger partial charge in [-0.1, -0.05) is 83.1 Å². The Hall–Kier alpha value is -1.84. The minimum atomic E-state index is -0.797. The predicted octanol–water partition coefficient (Wildman–Crippen LogP) is 10.0. The number of unbranched alkanes of at least 4 members (excludes halogenated alkanes) is 5. The first-order valence-corrected chi connectivity index (χ1v) is 15.7. The molecule has 0 N–H and O–H groups in total. The monoisotopic (exact) mass is 524 g/mol. The molecule has 1 aromatic rings. The standard InChI is InChI=1S/C34H49FO3/c1-4-5-6-7-8-9-12-24-16-18-28-27-17-15-25-23-26(37-32(36)38-31-14-11-10-13-30(31)35)19-21-34(25,3)29(27)20-22-33(24,28)2/h10-11,13-15,24,26-29H,4-9,12,16-23H2,1-3H3. The van der Waals surface area contributed by atoms with Crippen molar-refractivity contribution in [3.05, 3.63) is 41.7 Å². The summed E-state index contributed by atoms with van der Waals surface area (Å²) in [4.78, 5) is 12.4. The van der Waals surface area contributed by atoms with Crippen molar-refractivity contribution in [3.8, 4) is 5.75 Å². The molecule has 210 valence electrons. The highest BCUT2D eigenvalue weighted by Crippen LogP contribution is 2.66. The number of fused-ring (bicyclic) bond motifs is 5. The Bertz CT molecular complexity index is 1000. The number of hydrogen-bond acceptors (Lipinski definition) is 3. The summed E-state index contributed by atoms with van der Waals surface area (Å²) in [5, 5.41) is 0. The minimum Gasteiger partial charge on any atom is -0.430 e. The average molecular weight is 525 g/mol. The molecule has 0 aliphatic heterocycles. The number of ether oxygens (including phenoxy) is 2. The smallest absolute Gasteiger partial charge is 0.430 e. The quantitative estimate of drug-likeness (QED) is 0.139. The lowest BCUT2D eigenvalue weighted by molar-refractivity contribution is -0.0538. The Balaban J connectivity index is 1.18. The molecule has 3 fully saturated rings. The normalized spacial score (nSPS) is 36.0. The summed E-state index contributed by atoms with van der Waals surface area (Å²) >= 11 is 0. The lowest BCUT2D eigenvalue weighted by Gasteiger charge is -2.58. The van der Waals surface area contributed by atoms with Crippen molar-refractivity contribution in [1.29, 1.82) is 0 Å². The summed E-state index contributed by atoms with van der Waals surface area (Å²) in [6, 6.07) is 5.97. The molecule has 0 spiro atoms. The Morgan fingerprint density at radius 3 is 2.58 bits per heavy atom. The van der Waals surface area contributed by atoms with Gasteiger partial charge < -0.3 is 9.47 Å². The fraction of sp³-hybridized carbons (Fsp3) is 0.735. The molecule has 7 atom stereocenters. The zero-order valence-corrected chi connectivity index (χ0v) is 24.0. The highest BCUT2D eigenvalue weighted by atomic mass is 19.1. The SMILES string of the molecule is CCCCCCCCC1CCC2C3CC=C4CC(OC(=O)Oc5ccccc5F)CCC4(C)C3CCC12C. The van der Waals surface area contributed by atoms with E-state index in [4.69, 9.17) is 9.47 Å². The van der Waals surface area contributed by atoms with Crippen molar-refractivity contribution in [1.82, 2.24) is 0 Å². The molecule has 0 heterocycles. The summed E-state index contributed by atoms with van der Waals surface area (Å²) < 4.78 is 24.7. The van der Waals surface area contributed by atoms with Crippen LogP contribution in [0.1, 0.15) is 117 Å². The highest BCUT2D eigenvalue weighted by Gasteiger charge is 2.58. The summed E-state index contributed by atoms with van der Waals surface area (Å²) in [7, 11) is 0. The molecule has 5 rings (SSSR count). The second kappa shape index (κ2) is 11.7. The number of halogens is 1. The molecule has 3 nitrogen and oxygen atoms in total. The van der Waals surface area contributed by atoms with Gasteiger partial charge in [-0.05, 0) is 98.0 Å². The molecule has 7 unspecified atom stereocenters. The third-order valence-corrected chi connectivity index (χ3v) is 11.5. The molecule has 38 heavy (non-hydrogen) atoms. The molecular formula is C34H49FO3. The van der Waals surface area contributed by atoms with Crippen molar-refractivity contribution in [3.63, 3.8) is 0 Å². The second-order valence-electron chi connectivity index (χ2n) is 13.4. The van der Waals surface area contributed by atoms with Crippen molar-refractivity contribution in [2.45, 2.75) is 123 Å². The number of allylic oxidation sites excluding steroid dienone is 1. The van der Waals surface area contributed by atoms with Gasteiger partial charge in [0.05, 0.1) is 0 Å². The van der Waals surface area contributed by atoms with Crippen molar-refractivity contribution in [2.24, 2.45) is 34.5 Å². The summed E-state index contributed by atoms with van der Waals surface area (Å²) in [5.41, 5.74) is 2.24. The molecule has 0 amide bonds. The van der Waals surface area contributed by atoms with E-state index in [2.05, 4.69) is 26.8 Å². The average Bonchev–Trinajstić information content (AvgIpc) is 3.24. The lowest BCUT2D eigenvalue weighted by atomic mass is 9.47. The van der Waals surface area contributed by atoms with E-state index in [1.807, 2.05) is 0 Å². The largest absolute Gasteiger partial charge is 0.514 e. The zero-order valence-electron chi connectivity index (χ0n) is 24.0. The van der Waals surface area contributed by atoms with Crippen LogP contribution in [-0.2, 0) is 4.74 Å². The van der Waals surface area contributed by atoms with Crippen LogP contribution in [0.5, 0.6) is 5.75 Å². The topological polar surface area (TPSA) is 35.5 Å². The molecule has 0 radical (unpaired) electrons. The Kier molecular flexibility index (Phi) is 8.55. The Morgan fingerprint density at radius 2 is 1.76 bits per heavy atom. The predicted molar refractivity (Wildman–Crippen MR) is 150 cm³/mol. The maximum Gasteiger partial charge on any atom is 0.514 e. The Morgan fingerprint density at radius 1 is 0.974 bits per heavy atom. The highest BCUT2D eigenvalue weighted by molar-refractivity contribution is 5.64. The summed E-state index contributed by atoms with van der Waals surface area (Å²) in [6.07, 6.45) is 20.9. The molecular weight excluding hydrogens is 475 g/mol. The van der Waals surface area contributed by atoms with Gasteiger partial charge in [-0.15, -0.1) is 0 Å². The fourth-order valence-corrected chi connectivity index (χ4v) is 9.26. The molecule has 0 saturated heterocycles. The third kappa shape index (κ3) is 5.43. The minimum absolute atomic E-state index is 0.0745. The van der Waals surface area contributed by atoms with Gasteiger partial charge in [0, 0.05) is 6.42 Å².